The van der Waals surface area contributed by atoms with Crippen molar-refractivity contribution in [2.45, 2.75) is 83.5 Å². The molecule has 0 aliphatic heterocycles. The molecule has 0 aliphatic carbocycles. The Morgan fingerprint density at radius 1 is 0.742 bits per heavy atom. The van der Waals surface area contributed by atoms with E-state index in [1.807, 2.05) is 0 Å². The van der Waals surface area contributed by atoms with Crippen molar-refractivity contribution in [3.05, 3.63) is 0 Å². The summed E-state index contributed by atoms with van der Waals surface area (Å²) in [7, 11) is 0. The molecule has 4 unspecified atom stereocenters. The third-order valence-electron chi connectivity index (χ3n) is 4.91. The van der Waals surface area contributed by atoms with Crippen LogP contribution in [0.5, 0.6) is 0 Å². The van der Waals surface area contributed by atoms with Crippen LogP contribution in [-0.4, -0.2) is 66.1 Å². The quantitative estimate of drug-likeness (QED) is 0.143. The predicted molar refractivity (Wildman–Crippen MR) is 118 cm³/mol. The zero-order valence-corrected chi connectivity index (χ0v) is 18.9. The maximum Gasteiger partial charge on any atom is 0.326 e. The summed E-state index contributed by atoms with van der Waals surface area (Å²) >= 11 is 0. The van der Waals surface area contributed by atoms with Gasteiger partial charge in [-0.05, 0) is 64.5 Å². The van der Waals surface area contributed by atoms with E-state index >= 15 is 0 Å². The molecule has 11 heteroatoms. The van der Waals surface area contributed by atoms with Crippen LogP contribution in [-0.2, 0) is 19.2 Å². The van der Waals surface area contributed by atoms with Crippen molar-refractivity contribution in [1.82, 2.24) is 16.0 Å². The number of hydrogen-bond acceptors (Lipinski definition) is 7. The highest BCUT2D eigenvalue weighted by Gasteiger charge is 2.28. The van der Waals surface area contributed by atoms with Gasteiger partial charge in [-0.1, -0.05) is 13.8 Å². The Kier molecular flexibility index (Phi) is 14.4. The molecule has 31 heavy (non-hydrogen) atoms. The van der Waals surface area contributed by atoms with Gasteiger partial charge in [-0.15, -0.1) is 0 Å². The van der Waals surface area contributed by atoms with Crippen molar-refractivity contribution in [1.29, 1.82) is 0 Å². The van der Waals surface area contributed by atoms with Gasteiger partial charge < -0.3 is 38.3 Å². The number of carbonyl (C=O) groups excluding carboxylic acids is 3. The molecule has 0 aromatic carbocycles. The molecule has 0 aliphatic rings. The summed E-state index contributed by atoms with van der Waals surface area (Å²) in [4.78, 5) is 48.8. The van der Waals surface area contributed by atoms with Crippen molar-refractivity contribution in [3.8, 4) is 0 Å². The molecule has 4 atom stereocenters. The number of carbonyl (C=O) groups is 4. The molecule has 0 aromatic heterocycles. The Bertz CT molecular complexity index is 586. The second-order valence-corrected chi connectivity index (χ2v) is 8.03. The lowest BCUT2D eigenvalue weighted by molar-refractivity contribution is -0.142. The SMILES string of the molecule is CC(NC(=O)C(N)C(C)C)C(=O)NC(CCCCN)C(=O)NC(CCCCN)C(=O)O. The van der Waals surface area contributed by atoms with Crippen LogP contribution in [0.25, 0.3) is 0 Å². The summed E-state index contributed by atoms with van der Waals surface area (Å²) in [6, 6.07) is -3.70. The molecule has 3 amide bonds. The van der Waals surface area contributed by atoms with E-state index in [4.69, 9.17) is 17.2 Å². The molecular weight excluding hydrogens is 404 g/mol. The number of aliphatic carboxylic acids is 1. The van der Waals surface area contributed by atoms with Gasteiger partial charge in [0.25, 0.3) is 0 Å². The van der Waals surface area contributed by atoms with Crippen molar-refractivity contribution in [2.24, 2.45) is 23.1 Å². The van der Waals surface area contributed by atoms with Crippen LogP contribution in [0.2, 0.25) is 0 Å². The van der Waals surface area contributed by atoms with Crippen LogP contribution in [0.3, 0.4) is 0 Å². The normalized spacial score (nSPS) is 14.9. The van der Waals surface area contributed by atoms with Crippen LogP contribution in [0.4, 0.5) is 0 Å². The largest absolute Gasteiger partial charge is 0.480 e. The number of carboxylic acids is 1. The fourth-order valence-electron chi connectivity index (χ4n) is 2.76. The van der Waals surface area contributed by atoms with E-state index in [1.165, 1.54) is 6.92 Å². The van der Waals surface area contributed by atoms with E-state index in [0.29, 0.717) is 38.8 Å². The molecule has 0 aromatic rings. The van der Waals surface area contributed by atoms with Gasteiger partial charge in [0.05, 0.1) is 6.04 Å². The Labute approximate surface area is 184 Å². The van der Waals surface area contributed by atoms with E-state index in [2.05, 4.69) is 16.0 Å². The summed E-state index contributed by atoms with van der Waals surface area (Å²) < 4.78 is 0. The molecule has 0 saturated heterocycles. The van der Waals surface area contributed by atoms with Gasteiger partial charge in [0.15, 0.2) is 0 Å². The first-order valence-electron chi connectivity index (χ1n) is 10.8. The molecule has 0 radical (unpaired) electrons. The summed E-state index contributed by atoms with van der Waals surface area (Å²) in [5.41, 5.74) is 16.7. The molecule has 180 valence electrons. The smallest absolute Gasteiger partial charge is 0.326 e. The Morgan fingerprint density at radius 2 is 1.23 bits per heavy atom. The fourth-order valence-corrected chi connectivity index (χ4v) is 2.76. The van der Waals surface area contributed by atoms with Crippen molar-refractivity contribution >= 4 is 23.7 Å². The van der Waals surface area contributed by atoms with E-state index in [0.717, 1.165) is 0 Å². The number of nitrogens with one attached hydrogen (secondary N) is 3. The number of nitrogens with two attached hydrogens (primary N) is 3. The van der Waals surface area contributed by atoms with E-state index in [9.17, 15) is 24.3 Å². The van der Waals surface area contributed by atoms with Gasteiger partial charge >= 0.3 is 5.97 Å². The summed E-state index contributed by atoms with van der Waals surface area (Å²) in [5.74, 6) is -2.87. The third-order valence-corrected chi connectivity index (χ3v) is 4.91. The lowest BCUT2D eigenvalue weighted by Crippen LogP contribution is -2.56. The second-order valence-electron chi connectivity index (χ2n) is 8.03. The highest BCUT2D eigenvalue weighted by atomic mass is 16.4. The average molecular weight is 445 g/mol. The van der Waals surface area contributed by atoms with Gasteiger partial charge in [-0.3, -0.25) is 14.4 Å². The number of rotatable bonds is 16. The number of amides is 3. The maximum absolute atomic E-state index is 12.7. The minimum atomic E-state index is -1.15. The van der Waals surface area contributed by atoms with Crippen molar-refractivity contribution < 1.29 is 24.3 Å². The molecule has 0 saturated carbocycles. The minimum absolute atomic E-state index is 0.0997. The maximum atomic E-state index is 12.7. The standard InChI is InChI=1S/C20H40N6O5/c1-12(2)16(23)19(29)24-13(3)17(27)25-14(8-4-6-10-21)18(28)26-15(20(30)31)9-5-7-11-22/h12-16H,4-11,21-23H2,1-3H3,(H,24,29)(H,25,27)(H,26,28)(H,30,31). The first kappa shape index (κ1) is 28.8. The van der Waals surface area contributed by atoms with Gasteiger partial charge in [0.2, 0.25) is 17.7 Å². The summed E-state index contributed by atoms with van der Waals surface area (Å²) in [6.07, 6.45) is 2.94. The third kappa shape index (κ3) is 11.7. The number of unbranched alkanes of at least 4 members (excludes halogenated alkanes) is 2. The number of hydrogen-bond donors (Lipinski definition) is 7. The molecular formula is C20H40N6O5. The molecule has 0 fully saturated rings. The monoisotopic (exact) mass is 444 g/mol. The van der Waals surface area contributed by atoms with Crippen LogP contribution < -0.4 is 33.2 Å². The fraction of sp³-hybridized carbons (Fsp3) is 0.800. The molecule has 0 bridgehead atoms. The molecule has 11 nitrogen and oxygen atoms in total. The zero-order chi connectivity index (χ0) is 24.0. The van der Waals surface area contributed by atoms with Gasteiger partial charge in [0, 0.05) is 0 Å². The average Bonchev–Trinajstić information content (AvgIpc) is 2.71. The highest BCUT2D eigenvalue weighted by Crippen LogP contribution is 2.06. The first-order chi connectivity index (χ1) is 14.5. The topological polar surface area (TPSA) is 203 Å². The van der Waals surface area contributed by atoms with Crippen LogP contribution in [0.15, 0.2) is 0 Å². The molecule has 0 heterocycles. The second kappa shape index (κ2) is 15.5. The Balaban J connectivity index is 5.09. The molecule has 10 N–H and O–H groups in total. The Hall–Kier alpha value is -2.24. The zero-order valence-electron chi connectivity index (χ0n) is 18.9. The van der Waals surface area contributed by atoms with E-state index in [-0.39, 0.29) is 18.8 Å². The van der Waals surface area contributed by atoms with Gasteiger partial charge in [-0.2, -0.15) is 0 Å². The first-order valence-corrected chi connectivity index (χ1v) is 10.8. The van der Waals surface area contributed by atoms with Crippen molar-refractivity contribution in [3.63, 3.8) is 0 Å². The lowest BCUT2D eigenvalue weighted by atomic mass is 10.0. The highest BCUT2D eigenvalue weighted by molar-refractivity contribution is 5.93. The van der Waals surface area contributed by atoms with Crippen LogP contribution >= 0.6 is 0 Å². The minimum Gasteiger partial charge on any atom is -0.480 e. The summed E-state index contributed by atoms with van der Waals surface area (Å²) in [6.45, 7) is 5.93. The van der Waals surface area contributed by atoms with Gasteiger partial charge in [-0.25, -0.2) is 4.79 Å². The Morgan fingerprint density at radius 3 is 1.68 bits per heavy atom. The van der Waals surface area contributed by atoms with Crippen molar-refractivity contribution in [2.75, 3.05) is 13.1 Å². The van der Waals surface area contributed by atoms with Crippen LogP contribution in [0, 0.1) is 5.92 Å². The van der Waals surface area contributed by atoms with E-state index < -0.39 is 47.9 Å². The van der Waals surface area contributed by atoms with Crippen LogP contribution in [0.1, 0.15) is 59.3 Å². The van der Waals surface area contributed by atoms with E-state index in [1.54, 1.807) is 13.8 Å². The summed E-state index contributed by atoms with van der Waals surface area (Å²) in [5, 5.41) is 17.0. The number of carboxylic acid groups (broad SMARTS) is 1. The van der Waals surface area contributed by atoms with Gasteiger partial charge in [0.1, 0.15) is 18.1 Å². The predicted octanol–water partition coefficient (Wildman–Crippen LogP) is -1.21. The molecule has 0 rings (SSSR count). The lowest BCUT2D eigenvalue weighted by Gasteiger charge is -2.24. The molecule has 0 spiro atoms.